The van der Waals surface area contributed by atoms with Crippen LogP contribution in [0.25, 0.3) is 22.0 Å². The van der Waals surface area contributed by atoms with Crippen LogP contribution in [0.4, 0.5) is 5.82 Å². The van der Waals surface area contributed by atoms with Crippen molar-refractivity contribution in [2.75, 3.05) is 5.73 Å². The molecule has 5 N–H and O–H groups in total. The van der Waals surface area contributed by atoms with E-state index >= 15 is 0 Å². The first-order valence-electron chi connectivity index (χ1n) is 10.8. The van der Waals surface area contributed by atoms with Gasteiger partial charge in [-0.2, -0.15) is 8.42 Å². The highest BCUT2D eigenvalue weighted by Gasteiger charge is 2.28. The third kappa shape index (κ3) is 4.61. The maximum atomic E-state index is 13.9. The lowest BCUT2D eigenvalue weighted by Crippen LogP contribution is -2.15. The highest BCUT2D eigenvalue weighted by atomic mass is 32.2. The number of fused-ring (bicyclic) bond motifs is 1. The van der Waals surface area contributed by atoms with Gasteiger partial charge in [-0.05, 0) is 37.6 Å². The third-order valence-corrected chi connectivity index (χ3v) is 6.52. The number of amides is 1. The summed E-state index contributed by atoms with van der Waals surface area (Å²) in [6.07, 6.45) is 4.07. The van der Waals surface area contributed by atoms with Crippen LogP contribution in [-0.2, 0) is 10.1 Å². The van der Waals surface area contributed by atoms with Gasteiger partial charge >= 0.3 is 0 Å². The average Bonchev–Trinajstić information content (AvgIpc) is 3.23. The van der Waals surface area contributed by atoms with Gasteiger partial charge in [-0.1, -0.05) is 36.4 Å². The van der Waals surface area contributed by atoms with E-state index in [2.05, 4.69) is 9.97 Å². The zero-order chi connectivity index (χ0) is 26.2. The van der Waals surface area contributed by atoms with E-state index in [1.54, 1.807) is 41.1 Å². The summed E-state index contributed by atoms with van der Waals surface area (Å²) in [4.78, 5) is 33.6. The molecule has 0 aliphatic heterocycles. The smallest absolute Gasteiger partial charge is 0.295 e. The molecule has 0 unspecified atom stereocenters. The third-order valence-electron chi connectivity index (χ3n) is 5.63. The molecule has 2 heterocycles. The lowest BCUT2D eigenvalue weighted by molar-refractivity contribution is 0.1000. The highest BCUT2D eigenvalue weighted by molar-refractivity contribution is 7.95. The fraction of sp³-hybridized carbons (Fsp3) is 0.120. The molecule has 0 aliphatic rings. The molecule has 0 aliphatic carbocycles. The topological polar surface area (TPSA) is 171 Å². The maximum Gasteiger partial charge on any atom is 0.295 e. The van der Waals surface area contributed by atoms with Crippen LogP contribution in [0.1, 0.15) is 57.3 Å². The first kappa shape index (κ1) is 24.8. The molecule has 0 radical (unpaired) electrons. The molecule has 0 atom stereocenters. The molecule has 2 aromatic heterocycles. The normalized spacial score (nSPS) is 12.3. The van der Waals surface area contributed by atoms with Crippen molar-refractivity contribution in [2.24, 2.45) is 5.73 Å². The second-order valence-corrected chi connectivity index (χ2v) is 9.74. The second kappa shape index (κ2) is 9.36. The number of nitrogens with two attached hydrogens (primary N) is 2. The van der Waals surface area contributed by atoms with Gasteiger partial charge in [-0.3, -0.25) is 14.1 Å². The van der Waals surface area contributed by atoms with Gasteiger partial charge in [0.2, 0.25) is 5.91 Å². The lowest BCUT2D eigenvalue weighted by atomic mass is 9.95. The largest absolute Gasteiger partial charge is 0.383 e. The zero-order valence-corrected chi connectivity index (χ0v) is 20.2. The first-order chi connectivity index (χ1) is 17.0. The van der Waals surface area contributed by atoms with E-state index in [-0.39, 0.29) is 39.5 Å². The van der Waals surface area contributed by atoms with Crippen LogP contribution in [-0.4, -0.2) is 39.2 Å². The summed E-state index contributed by atoms with van der Waals surface area (Å²) >= 11 is 0. The molecule has 0 saturated carbocycles. The number of ketones is 1. The molecule has 0 spiro atoms. The average molecular weight is 506 g/mol. The summed E-state index contributed by atoms with van der Waals surface area (Å²) < 4.78 is 36.8. The summed E-state index contributed by atoms with van der Waals surface area (Å²) in [5.74, 6) is -1.41. The monoisotopic (exact) mass is 505 g/mol. The van der Waals surface area contributed by atoms with Crippen molar-refractivity contribution in [2.45, 2.75) is 19.9 Å². The molecule has 36 heavy (non-hydrogen) atoms. The van der Waals surface area contributed by atoms with Gasteiger partial charge in [0.1, 0.15) is 22.7 Å². The number of nitrogen functional groups attached to an aromatic ring is 1. The number of carbonyl (C=O) groups excluding carboxylic acids is 2. The number of hydrogen-bond acceptors (Lipinski definition) is 7. The Hall–Kier alpha value is -4.35. The standard InChI is InChI=1S/C25H23N5O5S/c1-14(2)30-12-19(21-23(26)28-13-29-25(21)30)22(31)18-11-16(24(27)32)8-9-17(18)20(36(33,34)35)10-15-6-4-3-5-7-15/h3-14H,1-2H3,(H2,27,32)(H2,26,28,29)(H,33,34,35). The van der Waals surface area contributed by atoms with Crippen LogP contribution >= 0.6 is 0 Å². The predicted molar refractivity (Wildman–Crippen MR) is 137 cm³/mol. The van der Waals surface area contributed by atoms with E-state index in [1.807, 2.05) is 13.8 Å². The van der Waals surface area contributed by atoms with Crippen LogP contribution in [0.15, 0.2) is 61.1 Å². The van der Waals surface area contributed by atoms with Gasteiger partial charge in [0.05, 0.1) is 10.9 Å². The first-order valence-corrected chi connectivity index (χ1v) is 12.3. The van der Waals surface area contributed by atoms with Gasteiger partial charge in [-0.15, -0.1) is 0 Å². The summed E-state index contributed by atoms with van der Waals surface area (Å²) in [7, 11) is -4.81. The molecule has 11 heteroatoms. The lowest BCUT2D eigenvalue weighted by Gasteiger charge is -2.12. The van der Waals surface area contributed by atoms with E-state index in [0.717, 1.165) is 0 Å². The Labute approximate surface area is 207 Å². The quantitative estimate of drug-likeness (QED) is 0.195. The number of anilines is 1. The van der Waals surface area contributed by atoms with Crippen molar-refractivity contribution in [3.05, 3.63) is 88.9 Å². The van der Waals surface area contributed by atoms with E-state index in [1.165, 1.54) is 30.6 Å². The molecular formula is C25H23N5O5S. The molecule has 184 valence electrons. The van der Waals surface area contributed by atoms with E-state index in [0.29, 0.717) is 11.2 Å². The fourth-order valence-corrected chi connectivity index (χ4v) is 4.65. The predicted octanol–water partition coefficient (Wildman–Crippen LogP) is 3.31. The number of nitrogens with zero attached hydrogens (tertiary/aromatic N) is 3. The molecule has 0 fully saturated rings. The molecule has 4 rings (SSSR count). The number of benzene rings is 2. The Morgan fingerprint density at radius 2 is 1.72 bits per heavy atom. The van der Waals surface area contributed by atoms with Crippen molar-refractivity contribution < 1.29 is 22.6 Å². The molecule has 10 nitrogen and oxygen atoms in total. The molecule has 0 saturated heterocycles. The molecule has 0 bridgehead atoms. The molecule has 4 aromatic rings. The number of primary amides is 1. The van der Waals surface area contributed by atoms with Gasteiger partial charge in [0.15, 0.2) is 5.78 Å². The van der Waals surface area contributed by atoms with Gasteiger partial charge in [0.25, 0.3) is 10.1 Å². The molecule has 1 amide bonds. The Kier molecular flexibility index (Phi) is 6.44. The Bertz CT molecular complexity index is 1640. The van der Waals surface area contributed by atoms with E-state index < -0.39 is 26.7 Å². The van der Waals surface area contributed by atoms with Crippen molar-refractivity contribution in [3.8, 4) is 0 Å². The minimum Gasteiger partial charge on any atom is -0.383 e. The van der Waals surface area contributed by atoms with Crippen LogP contribution in [0.3, 0.4) is 0 Å². The minimum atomic E-state index is -4.81. The van der Waals surface area contributed by atoms with Crippen LogP contribution in [0.5, 0.6) is 0 Å². The Balaban J connectivity index is 2.03. The second-order valence-electron chi connectivity index (χ2n) is 8.35. The van der Waals surface area contributed by atoms with Crippen molar-refractivity contribution in [1.29, 1.82) is 0 Å². The summed E-state index contributed by atoms with van der Waals surface area (Å²) in [6, 6.07) is 12.1. The van der Waals surface area contributed by atoms with Crippen LogP contribution < -0.4 is 11.5 Å². The van der Waals surface area contributed by atoms with Crippen LogP contribution in [0, 0.1) is 0 Å². The number of hydrogen-bond donors (Lipinski definition) is 3. The van der Waals surface area contributed by atoms with Crippen molar-refractivity contribution >= 4 is 49.6 Å². The summed E-state index contributed by atoms with van der Waals surface area (Å²) in [5, 5.41) is 0.284. The van der Waals surface area contributed by atoms with E-state index in [4.69, 9.17) is 11.5 Å². The summed E-state index contributed by atoms with van der Waals surface area (Å²) in [5.41, 5.74) is 12.2. The van der Waals surface area contributed by atoms with Crippen molar-refractivity contribution in [3.63, 3.8) is 0 Å². The zero-order valence-electron chi connectivity index (χ0n) is 19.4. The Morgan fingerprint density at radius 1 is 1.03 bits per heavy atom. The minimum absolute atomic E-state index is 0.0201. The summed E-state index contributed by atoms with van der Waals surface area (Å²) in [6.45, 7) is 3.79. The van der Waals surface area contributed by atoms with Crippen molar-refractivity contribution in [1.82, 2.24) is 14.5 Å². The Morgan fingerprint density at radius 3 is 2.33 bits per heavy atom. The maximum absolute atomic E-state index is 13.9. The van der Waals surface area contributed by atoms with E-state index in [9.17, 15) is 22.6 Å². The number of aromatic nitrogens is 3. The van der Waals surface area contributed by atoms with Gasteiger partial charge in [0, 0.05) is 28.9 Å². The number of rotatable bonds is 7. The number of carbonyl (C=O) groups is 2. The SMILES string of the molecule is CC(C)n1cc(C(=O)c2cc(C(N)=O)ccc2C(=Cc2ccccc2)S(=O)(=O)O)c2c(N)ncnc21. The molecular weight excluding hydrogens is 482 g/mol. The highest BCUT2D eigenvalue weighted by Crippen LogP contribution is 2.33. The van der Waals surface area contributed by atoms with Crippen LogP contribution in [0.2, 0.25) is 0 Å². The molecule has 2 aromatic carbocycles. The fourth-order valence-electron chi connectivity index (χ4n) is 3.91. The van der Waals surface area contributed by atoms with Gasteiger partial charge in [-0.25, -0.2) is 9.97 Å². The van der Waals surface area contributed by atoms with Gasteiger partial charge < -0.3 is 16.0 Å².